The average Bonchev–Trinajstić information content (AvgIpc) is 3.36. The van der Waals surface area contributed by atoms with Crippen molar-refractivity contribution in [2.24, 2.45) is 0 Å². The lowest BCUT2D eigenvalue weighted by atomic mass is 9.88. The molecule has 0 aliphatic carbocycles. The van der Waals surface area contributed by atoms with E-state index in [1.54, 1.807) is 22.8 Å². The number of hydrogen-bond donors (Lipinski definition) is 2. The van der Waals surface area contributed by atoms with Gasteiger partial charge in [0.05, 0.1) is 23.0 Å². The lowest BCUT2D eigenvalue weighted by Crippen LogP contribution is -2.59. The first kappa shape index (κ1) is 17.9. The standard InChI is InChI=1S/C19H20FN7O2/c1-19-5-4-11(24-19)6-15(17(19)20)29-16-8-21-18(26-25-16)13-3-2-12(7-14(13)28)27-9-22-23-10-27/h2-3,7-11,15,17,24,28H,4-6H2,1H3/t11?,15-,17-,19+/m0/s1. The zero-order valence-corrected chi connectivity index (χ0v) is 15.7. The van der Waals surface area contributed by atoms with Crippen molar-refractivity contribution in [3.8, 4) is 28.7 Å². The van der Waals surface area contributed by atoms with Crippen LogP contribution in [0.15, 0.2) is 37.1 Å². The Balaban J connectivity index is 1.33. The van der Waals surface area contributed by atoms with Gasteiger partial charge in [-0.25, -0.2) is 9.37 Å². The first-order valence-electron chi connectivity index (χ1n) is 9.48. The number of nitrogens with one attached hydrogen (secondary N) is 1. The molecule has 1 aromatic carbocycles. The summed E-state index contributed by atoms with van der Waals surface area (Å²) in [6.45, 7) is 1.90. The van der Waals surface area contributed by atoms with Crippen LogP contribution in [0.5, 0.6) is 11.6 Å². The molecule has 5 rings (SSSR count). The number of nitrogens with zero attached hydrogens (tertiary/aromatic N) is 6. The average molecular weight is 397 g/mol. The van der Waals surface area contributed by atoms with Crippen LogP contribution in [0.1, 0.15) is 26.2 Å². The van der Waals surface area contributed by atoms with Gasteiger partial charge in [0.15, 0.2) is 12.0 Å². The number of piperidine rings is 1. The maximum absolute atomic E-state index is 14.9. The molecule has 2 N–H and O–H groups in total. The minimum atomic E-state index is -1.13. The number of rotatable bonds is 4. The molecule has 150 valence electrons. The van der Waals surface area contributed by atoms with Crippen LogP contribution in [0, 0.1) is 0 Å². The third-order valence-corrected chi connectivity index (χ3v) is 5.75. The highest BCUT2D eigenvalue weighted by Crippen LogP contribution is 2.39. The summed E-state index contributed by atoms with van der Waals surface area (Å²) >= 11 is 0. The summed E-state index contributed by atoms with van der Waals surface area (Å²) < 4.78 is 22.3. The van der Waals surface area contributed by atoms with E-state index in [1.165, 1.54) is 18.9 Å². The van der Waals surface area contributed by atoms with E-state index in [4.69, 9.17) is 4.74 Å². The fourth-order valence-electron chi connectivity index (χ4n) is 4.20. The van der Waals surface area contributed by atoms with Gasteiger partial charge in [0.25, 0.3) is 5.88 Å². The van der Waals surface area contributed by atoms with Gasteiger partial charge < -0.3 is 15.2 Å². The van der Waals surface area contributed by atoms with Crippen molar-refractivity contribution in [2.45, 2.75) is 50.0 Å². The second-order valence-corrected chi connectivity index (χ2v) is 7.78. The Morgan fingerprint density at radius 1 is 1.28 bits per heavy atom. The van der Waals surface area contributed by atoms with Gasteiger partial charge in [0.2, 0.25) is 0 Å². The van der Waals surface area contributed by atoms with E-state index in [2.05, 4.69) is 30.7 Å². The number of phenolic OH excluding ortho intramolecular Hbond substituents is 1. The molecule has 2 aromatic heterocycles. The van der Waals surface area contributed by atoms with E-state index in [-0.39, 0.29) is 23.5 Å². The van der Waals surface area contributed by atoms with E-state index in [1.807, 2.05) is 6.92 Å². The van der Waals surface area contributed by atoms with Gasteiger partial charge in [-0.1, -0.05) is 0 Å². The van der Waals surface area contributed by atoms with Gasteiger partial charge in [-0.05, 0) is 31.9 Å². The van der Waals surface area contributed by atoms with E-state index >= 15 is 0 Å². The Bertz CT molecular complexity index is 1010. The number of aromatic hydroxyl groups is 1. The van der Waals surface area contributed by atoms with E-state index < -0.39 is 17.8 Å². The monoisotopic (exact) mass is 397 g/mol. The molecule has 4 atom stereocenters. The van der Waals surface area contributed by atoms with Crippen molar-refractivity contribution in [1.82, 2.24) is 35.3 Å². The maximum Gasteiger partial charge on any atom is 0.252 e. The number of alkyl halides is 1. The SMILES string of the molecule is C[C@@]12CCC(C[C@H](Oc3cnc(-c4ccc(-n5cnnc5)cc4O)nn3)[C@@H]1F)N2. The van der Waals surface area contributed by atoms with Crippen LogP contribution >= 0.6 is 0 Å². The fourth-order valence-corrected chi connectivity index (χ4v) is 4.20. The summed E-state index contributed by atoms with van der Waals surface area (Å²) in [4.78, 5) is 4.24. The van der Waals surface area contributed by atoms with E-state index in [0.717, 1.165) is 12.8 Å². The van der Waals surface area contributed by atoms with Crippen molar-refractivity contribution >= 4 is 0 Å². The molecule has 3 aromatic rings. The van der Waals surface area contributed by atoms with Crippen LogP contribution in [0.2, 0.25) is 0 Å². The van der Waals surface area contributed by atoms with Crippen LogP contribution in [0.4, 0.5) is 4.39 Å². The van der Waals surface area contributed by atoms with Crippen LogP contribution < -0.4 is 10.1 Å². The summed E-state index contributed by atoms with van der Waals surface area (Å²) in [5.41, 5.74) is 0.580. The molecule has 2 aliphatic heterocycles. The molecule has 2 bridgehead atoms. The number of halogens is 1. The van der Waals surface area contributed by atoms with Crippen molar-refractivity contribution in [3.05, 3.63) is 37.1 Å². The predicted octanol–water partition coefficient (Wildman–Crippen LogP) is 1.82. The second-order valence-electron chi connectivity index (χ2n) is 7.78. The highest BCUT2D eigenvalue weighted by atomic mass is 19.1. The first-order valence-corrected chi connectivity index (χ1v) is 9.48. The van der Waals surface area contributed by atoms with Gasteiger partial charge in [-0.2, -0.15) is 0 Å². The molecule has 0 saturated carbocycles. The number of benzene rings is 1. The quantitative estimate of drug-likeness (QED) is 0.686. The highest BCUT2D eigenvalue weighted by molar-refractivity contribution is 5.65. The third-order valence-electron chi connectivity index (χ3n) is 5.75. The summed E-state index contributed by atoms with van der Waals surface area (Å²) in [6, 6.07) is 5.29. The van der Waals surface area contributed by atoms with Crippen LogP contribution in [0.3, 0.4) is 0 Å². The summed E-state index contributed by atoms with van der Waals surface area (Å²) in [6.07, 6.45) is 5.11. The molecule has 10 heteroatoms. The first-order chi connectivity index (χ1) is 14.0. The van der Waals surface area contributed by atoms with Gasteiger partial charge in [-0.15, -0.1) is 20.4 Å². The minimum Gasteiger partial charge on any atom is -0.507 e. The molecule has 4 heterocycles. The van der Waals surface area contributed by atoms with Crippen LogP contribution in [0.25, 0.3) is 17.1 Å². The lowest BCUT2D eigenvalue weighted by Gasteiger charge is -2.39. The molecule has 9 nitrogen and oxygen atoms in total. The Morgan fingerprint density at radius 3 is 2.83 bits per heavy atom. The highest BCUT2D eigenvalue weighted by Gasteiger charge is 2.51. The maximum atomic E-state index is 14.9. The molecule has 0 radical (unpaired) electrons. The number of ether oxygens (including phenoxy) is 1. The summed E-state index contributed by atoms with van der Waals surface area (Å²) in [7, 11) is 0. The number of aromatic nitrogens is 6. The van der Waals surface area contributed by atoms with E-state index in [9.17, 15) is 9.50 Å². The van der Waals surface area contributed by atoms with Gasteiger partial charge >= 0.3 is 0 Å². The molecule has 2 aliphatic rings. The fraction of sp³-hybridized carbons (Fsp3) is 0.421. The number of fused-ring (bicyclic) bond motifs is 2. The molecule has 2 saturated heterocycles. The molecular formula is C19H20FN7O2. The van der Waals surface area contributed by atoms with Crippen molar-refractivity contribution in [3.63, 3.8) is 0 Å². The van der Waals surface area contributed by atoms with Crippen LogP contribution in [-0.2, 0) is 0 Å². The molecule has 29 heavy (non-hydrogen) atoms. The molecule has 1 unspecified atom stereocenters. The lowest BCUT2D eigenvalue weighted by molar-refractivity contribution is 0.00788. The summed E-state index contributed by atoms with van der Waals surface area (Å²) in [5, 5.41) is 29.3. The molecular weight excluding hydrogens is 377 g/mol. The largest absolute Gasteiger partial charge is 0.507 e. The predicted molar refractivity (Wildman–Crippen MR) is 100 cm³/mol. The minimum absolute atomic E-state index is 0.00153. The zero-order chi connectivity index (χ0) is 20.0. The Morgan fingerprint density at radius 2 is 2.10 bits per heavy atom. The molecule has 0 spiro atoms. The van der Waals surface area contributed by atoms with Crippen LogP contribution in [-0.4, -0.2) is 58.9 Å². The van der Waals surface area contributed by atoms with Crippen molar-refractivity contribution in [2.75, 3.05) is 0 Å². The topological polar surface area (TPSA) is 111 Å². The van der Waals surface area contributed by atoms with Gasteiger partial charge in [-0.3, -0.25) is 4.57 Å². The molecule has 0 amide bonds. The Hall–Kier alpha value is -3.14. The second kappa shape index (κ2) is 6.73. The Kier molecular flexibility index (Phi) is 4.16. The third kappa shape index (κ3) is 3.19. The molecule has 2 fully saturated rings. The van der Waals surface area contributed by atoms with Crippen molar-refractivity contribution < 1.29 is 14.2 Å². The summed E-state index contributed by atoms with van der Waals surface area (Å²) in [5.74, 6) is 0.421. The van der Waals surface area contributed by atoms with Gasteiger partial charge in [0, 0.05) is 18.5 Å². The Labute approximate surface area is 166 Å². The normalized spacial score (nSPS) is 28.4. The smallest absolute Gasteiger partial charge is 0.252 e. The number of phenols is 1. The number of hydrogen-bond acceptors (Lipinski definition) is 8. The van der Waals surface area contributed by atoms with E-state index in [0.29, 0.717) is 17.7 Å². The zero-order valence-electron chi connectivity index (χ0n) is 15.7. The van der Waals surface area contributed by atoms with Gasteiger partial charge in [0.1, 0.15) is 24.5 Å². The van der Waals surface area contributed by atoms with Crippen molar-refractivity contribution in [1.29, 1.82) is 0 Å².